The highest BCUT2D eigenvalue weighted by Crippen LogP contribution is 2.48. The fourth-order valence-electron chi connectivity index (χ4n) is 3.89. The van der Waals surface area contributed by atoms with Gasteiger partial charge in [-0.2, -0.15) is 13.2 Å². The van der Waals surface area contributed by atoms with Crippen molar-refractivity contribution in [2.75, 3.05) is 4.90 Å². The number of hydrogen-bond donors (Lipinski definition) is 0. The van der Waals surface area contributed by atoms with Gasteiger partial charge in [-0.3, -0.25) is 4.90 Å². The van der Waals surface area contributed by atoms with E-state index in [-0.39, 0.29) is 24.3 Å². The number of anilines is 1. The van der Waals surface area contributed by atoms with E-state index in [0.29, 0.717) is 22.9 Å². The Morgan fingerprint density at radius 3 is 2.50 bits per heavy atom. The number of nitrogens with zero attached hydrogens (tertiary/aromatic N) is 1. The van der Waals surface area contributed by atoms with Crippen LogP contribution >= 0.6 is 15.9 Å². The smallest absolute Gasteiger partial charge is 0.418 e. The van der Waals surface area contributed by atoms with Crippen molar-refractivity contribution in [1.29, 1.82) is 0 Å². The van der Waals surface area contributed by atoms with Crippen LogP contribution in [0.1, 0.15) is 36.0 Å². The molecular weight excluding hydrogens is 435 g/mol. The minimum Gasteiger partial charge on any atom is -0.444 e. The van der Waals surface area contributed by atoms with E-state index in [1.54, 1.807) is 6.07 Å². The fraction of sp³-hybridized carbons (Fsp3) is 0.381. The molecule has 0 aromatic heterocycles. The van der Waals surface area contributed by atoms with Gasteiger partial charge in [0.1, 0.15) is 6.61 Å². The van der Waals surface area contributed by atoms with E-state index in [4.69, 9.17) is 4.74 Å². The summed E-state index contributed by atoms with van der Waals surface area (Å²) in [4.78, 5) is 14.2. The molecule has 2 aromatic rings. The van der Waals surface area contributed by atoms with Crippen LogP contribution in [0, 0.1) is 5.92 Å². The number of amides is 1. The van der Waals surface area contributed by atoms with Crippen LogP contribution in [0.5, 0.6) is 0 Å². The molecule has 0 spiro atoms. The topological polar surface area (TPSA) is 29.5 Å². The average molecular weight is 454 g/mol. The summed E-state index contributed by atoms with van der Waals surface area (Å²) in [5, 5.41) is 0. The Kier molecular flexibility index (Phi) is 5.12. The van der Waals surface area contributed by atoms with Gasteiger partial charge in [-0.1, -0.05) is 46.3 Å². The molecule has 7 heteroatoms. The van der Waals surface area contributed by atoms with E-state index in [9.17, 15) is 18.0 Å². The lowest BCUT2D eigenvalue weighted by molar-refractivity contribution is -0.137. The van der Waals surface area contributed by atoms with Gasteiger partial charge in [0.15, 0.2) is 0 Å². The van der Waals surface area contributed by atoms with Crippen LogP contribution in [0.2, 0.25) is 0 Å². The summed E-state index contributed by atoms with van der Waals surface area (Å²) in [5.41, 5.74) is 0.481. The van der Waals surface area contributed by atoms with E-state index in [0.717, 1.165) is 24.5 Å². The molecule has 3 nitrogen and oxygen atoms in total. The van der Waals surface area contributed by atoms with Crippen LogP contribution in [0.3, 0.4) is 0 Å². The molecule has 1 heterocycles. The Morgan fingerprint density at radius 2 is 1.86 bits per heavy atom. The molecular formula is C21H19BrF3NO2. The Morgan fingerprint density at radius 1 is 1.14 bits per heavy atom. The molecule has 2 aliphatic rings. The van der Waals surface area contributed by atoms with Gasteiger partial charge in [-0.25, -0.2) is 4.79 Å². The molecule has 0 bridgehead atoms. The maximum absolute atomic E-state index is 13.8. The number of carbonyl (C=O) groups is 1. The Hall–Kier alpha value is -2.02. The second-order valence-corrected chi connectivity index (χ2v) is 8.23. The van der Waals surface area contributed by atoms with Crippen molar-refractivity contribution in [3.8, 4) is 0 Å². The minimum atomic E-state index is -4.56. The monoisotopic (exact) mass is 453 g/mol. The Labute approximate surface area is 169 Å². The quantitative estimate of drug-likeness (QED) is 0.542. The van der Waals surface area contributed by atoms with Gasteiger partial charge in [0.2, 0.25) is 0 Å². The number of halogens is 4. The molecule has 28 heavy (non-hydrogen) atoms. The van der Waals surface area contributed by atoms with Crippen molar-refractivity contribution >= 4 is 27.7 Å². The number of ether oxygens (including phenoxy) is 1. The summed E-state index contributed by atoms with van der Waals surface area (Å²) in [6.07, 6.45) is -2.25. The largest absolute Gasteiger partial charge is 0.444 e. The number of benzene rings is 2. The maximum atomic E-state index is 13.8. The molecule has 1 aliphatic heterocycles. The van der Waals surface area contributed by atoms with Crippen molar-refractivity contribution in [1.82, 2.24) is 0 Å². The molecule has 0 radical (unpaired) electrons. The van der Waals surface area contributed by atoms with E-state index in [2.05, 4.69) is 15.9 Å². The van der Waals surface area contributed by atoms with Gasteiger partial charge in [-0.05, 0) is 54.9 Å². The van der Waals surface area contributed by atoms with Gasteiger partial charge in [-0.15, -0.1) is 0 Å². The highest BCUT2D eigenvalue weighted by molar-refractivity contribution is 9.10. The van der Waals surface area contributed by atoms with Gasteiger partial charge in [0.05, 0.1) is 11.3 Å². The first-order valence-corrected chi connectivity index (χ1v) is 10.0. The first-order chi connectivity index (χ1) is 13.3. The van der Waals surface area contributed by atoms with E-state index >= 15 is 0 Å². The number of fused-ring (bicyclic) bond motifs is 1. The van der Waals surface area contributed by atoms with Crippen LogP contribution in [-0.4, -0.2) is 12.1 Å². The molecule has 148 valence electrons. The third-order valence-corrected chi connectivity index (χ3v) is 5.77. The molecule has 1 atom stereocenters. The lowest BCUT2D eigenvalue weighted by atomic mass is 9.91. The highest BCUT2D eigenvalue weighted by Gasteiger charge is 2.46. The number of carbonyl (C=O) groups excluding carboxylic acids is 1. The molecule has 2 aromatic carbocycles. The van der Waals surface area contributed by atoms with Crippen LogP contribution < -0.4 is 4.90 Å². The third-order valence-electron chi connectivity index (χ3n) is 5.31. The summed E-state index contributed by atoms with van der Waals surface area (Å²) in [5.74, 6) is 0.238. The standard InChI is InChI=1S/C21H19BrF3NO2/c22-16-10-15-8-9-18(14-6-7-14)26(19(15)17(11-16)21(23,24)25)20(27)28-12-13-4-2-1-3-5-13/h1-5,10-11,14,18H,6-9,12H2. The lowest BCUT2D eigenvalue weighted by Crippen LogP contribution is -2.46. The van der Waals surface area contributed by atoms with Gasteiger partial charge in [0, 0.05) is 10.5 Å². The minimum absolute atomic E-state index is 0.0285. The number of rotatable bonds is 3. The molecule has 1 amide bonds. The van der Waals surface area contributed by atoms with Crippen LogP contribution in [-0.2, 0) is 23.9 Å². The Balaban J connectivity index is 1.70. The van der Waals surface area contributed by atoms with Crippen LogP contribution in [0.25, 0.3) is 0 Å². The summed E-state index contributed by atoms with van der Waals surface area (Å²) in [7, 11) is 0. The summed E-state index contributed by atoms with van der Waals surface area (Å²) in [6, 6.07) is 11.6. The van der Waals surface area contributed by atoms with Crippen molar-refractivity contribution in [3.63, 3.8) is 0 Å². The number of aryl methyl sites for hydroxylation is 1. The molecule has 0 N–H and O–H groups in total. The average Bonchev–Trinajstić information content (AvgIpc) is 3.49. The van der Waals surface area contributed by atoms with Crippen molar-refractivity contribution in [3.05, 3.63) is 63.6 Å². The Bertz CT molecular complexity index is 881. The van der Waals surface area contributed by atoms with Crippen LogP contribution in [0.4, 0.5) is 23.7 Å². The van der Waals surface area contributed by atoms with Crippen molar-refractivity contribution in [2.24, 2.45) is 5.92 Å². The summed E-state index contributed by atoms with van der Waals surface area (Å²) < 4.78 is 47.2. The highest BCUT2D eigenvalue weighted by atomic mass is 79.9. The van der Waals surface area contributed by atoms with Gasteiger partial charge in [0.25, 0.3) is 0 Å². The first-order valence-electron chi connectivity index (χ1n) is 9.24. The number of hydrogen-bond acceptors (Lipinski definition) is 2. The molecule has 1 fully saturated rings. The molecule has 1 unspecified atom stereocenters. The zero-order valence-electron chi connectivity index (χ0n) is 15.0. The zero-order valence-corrected chi connectivity index (χ0v) is 16.6. The first kappa shape index (κ1) is 19.3. The lowest BCUT2D eigenvalue weighted by Gasteiger charge is -2.38. The second-order valence-electron chi connectivity index (χ2n) is 7.31. The fourth-order valence-corrected chi connectivity index (χ4v) is 4.39. The van der Waals surface area contributed by atoms with E-state index in [1.165, 1.54) is 4.90 Å². The third kappa shape index (κ3) is 3.90. The SMILES string of the molecule is O=C(OCc1ccccc1)N1c2c(cc(Br)cc2C(F)(F)F)CCC1C1CC1. The van der Waals surface area contributed by atoms with Gasteiger partial charge < -0.3 is 4.74 Å². The second kappa shape index (κ2) is 7.43. The van der Waals surface area contributed by atoms with E-state index < -0.39 is 17.8 Å². The molecule has 4 rings (SSSR count). The van der Waals surface area contributed by atoms with Crippen molar-refractivity contribution < 1.29 is 22.7 Å². The summed E-state index contributed by atoms with van der Waals surface area (Å²) >= 11 is 3.17. The normalized spacial score (nSPS) is 19.3. The summed E-state index contributed by atoms with van der Waals surface area (Å²) in [6.45, 7) is 0.0285. The van der Waals surface area contributed by atoms with E-state index in [1.807, 2.05) is 30.3 Å². The molecule has 1 aliphatic carbocycles. The molecule has 1 saturated carbocycles. The number of alkyl halides is 3. The zero-order chi connectivity index (χ0) is 19.9. The van der Waals surface area contributed by atoms with Gasteiger partial charge >= 0.3 is 12.3 Å². The maximum Gasteiger partial charge on any atom is 0.418 e. The predicted molar refractivity (Wildman–Crippen MR) is 103 cm³/mol. The van der Waals surface area contributed by atoms with Crippen molar-refractivity contribution in [2.45, 2.75) is 44.5 Å². The molecule has 0 saturated heterocycles. The predicted octanol–water partition coefficient (Wildman–Crippen LogP) is 6.34. The van der Waals surface area contributed by atoms with Crippen LogP contribution in [0.15, 0.2) is 46.9 Å².